The largest absolute Gasteiger partial charge is 0.340 e. The molecule has 0 unspecified atom stereocenters. The Morgan fingerprint density at radius 1 is 1.03 bits per heavy atom. The molecule has 9 heteroatoms. The molecule has 0 aliphatic rings. The van der Waals surface area contributed by atoms with E-state index in [4.69, 9.17) is 0 Å². The fourth-order valence-corrected chi connectivity index (χ4v) is 4.38. The molecule has 0 atom stereocenters. The Kier molecular flexibility index (Phi) is 5.86. The summed E-state index contributed by atoms with van der Waals surface area (Å²) < 4.78 is 1.95. The van der Waals surface area contributed by atoms with Crippen molar-refractivity contribution in [1.82, 2.24) is 34.6 Å². The van der Waals surface area contributed by atoms with E-state index in [2.05, 4.69) is 25.1 Å². The van der Waals surface area contributed by atoms with Gasteiger partial charge in [0.1, 0.15) is 5.82 Å². The molecule has 1 amide bonds. The number of hydrogen-bond donors (Lipinski definition) is 1. The quantitative estimate of drug-likeness (QED) is 0.374. The van der Waals surface area contributed by atoms with Crippen LogP contribution in [0.3, 0.4) is 0 Å². The lowest BCUT2D eigenvalue weighted by Crippen LogP contribution is -2.28. The number of thioether (sulfide) groups is 1. The van der Waals surface area contributed by atoms with Crippen molar-refractivity contribution >= 4 is 28.7 Å². The van der Waals surface area contributed by atoms with E-state index in [1.807, 2.05) is 71.3 Å². The Bertz CT molecular complexity index is 1350. The molecule has 3 heterocycles. The molecule has 0 saturated carbocycles. The summed E-state index contributed by atoms with van der Waals surface area (Å²) in [6.45, 7) is 0.403. The minimum absolute atomic E-state index is 0.0222. The zero-order chi connectivity index (χ0) is 22.6. The van der Waals surface area contributed by atoms with Crippen LogP contribution in [0, 0.1) is 0 Å². The van der Waals surface area contributed by atoms with Crippen molar-refractivity contribution in [3.63, 3.8) is 0 Å². The van der Waals surface area contributed by atoms with Gasteiger partial charge in [0.05, 0.1) is 23.3 Å². The molecule has 164 valence electrons. The lowest BCUT2D eigenvalue weighted by atomic mass is 10.2. The lowest BCUT2D eigenvalue weighted by molar-refractivity contribution is -0.127. The van der Waals surface area contributed by atoms with Gasteiger partial charge in [0.25, 0.3) is 0 Å². The topological polar surface area (TPSA) is 92.6 Å². The van der Waals surface area contributed by atoms with Gasteiger partial charge in [-0.05, 0) is 36.4 Å². The van der Waals surface area contributed by atoms with Crippen molar-refractivity contribution in [3.05, 3.63) is 84.9 Å². The van der Waals surface area contributed by atoms with Gasteiger partial charge in [-0.2, -0.15) is 0 Å². The standard InChI is InChI=1S/C24H21N7OS/c1-30(15-21-26-19-11-5-6-12-20(19)27-21)22(32)16-33-24-29-28-23(17-8-7-13-25-14-17)31(24)18-9-3-2-4-10-18/h2-14H,15-16H2,1H3,(H,26,27). The molecular weight excluding hydrogens is 434 g/mol. The van der Waals surface area contributed by atoms with Crippen molar-refractivity contribution in [3.8, 4) is 17.1 Å². The number of rotatable bonds is 7. The summed E-state index contributed by atoms with van der Waals surface area (Å²) in [5, 5.41) is 9.41. The molecule has 1 N–H and O–H groups in total. The lowest BCUT2D eigenvalue weighted by Gasteiger charge is -2.15. The molecule has 5 aromatic rings. The Morgan fingerprint density at radius 3 is 2.64 bits per heavy atom. The van der Waals surface area contributed by atoms with Gasteiger partial charge in [0.2, 0.25) is 5.91 Å². The van der Waals surface area contributed by atoms with Crippen LogP contribution in [0.1, 0.15) is 5.82 Å². The minimum Gasteiger partial charge on any atom is -0.340 e. The number of imidazole rings is 1. The molecule has 2 aromatic carbocycles. The normalized spacial score (nSPS) is 11.1. The SMILES string of the molecule is CN(Cc1nc2ccccc2[nH]1)C(=O)CSc1nnc(-c2cccnc2)n1-c1ccccc1. The van der Waals surface area contributed by atoms with Crippen molar-refractivity contribution in [2.45, 2.75) is 11.7 Å². The predicted molar refractivity (Wildman–Crippen MR) is 128 cm³/mol. The maximum Gasteiger partial charge on any atom is 0.233 e. The molecule has 33 heavy (non-hydrogen) atoms. The zero-order valence-electron chi connectivity index (χ0n) is 17.9. The highest BCUT2D eigenvalue weighted by molar-refractivity contribution is 7.99. The van der Waals surface area contributed by atoms with Crippen LogP contribution in [0.25, 0.3) is 28.1 Å². The van der Waals surface area contributed by atoms with E-state index in [1.54, 1.807) is 24.3 Å². The molecule has 5 rings (SSSR count). The maximum atomic E-state index is 12.9. The second-order valence-corrected chi connectivity index (χ2v) is 8.40. The van der Waals surface area contributed by atoms with Crippen LogP contribution in [-0.4, -0.2) is 53.3 Å². The minimum atomic E-state index is -0.0222. The Morgan fingerprint density at radius 2 is 1.85 bits per heavy atom. The monoisotopic (exact) mass is 455 g/mol. The third kappa shape index (κ3) is 4.49. The number of nitrogens with zero attached hydrogens (tertiary/aromatic N) is 6. The van der Waals surface area contributed by atoms with E-state index in [0.717, 1.165) is 28.1 Å². The van der Waals surface area contributed by atoms with E-state index in [0.29, 0.717) is 17.5 Å². The van der Waals surface area contributed by atoms with Gasteiger partial charge in [-0.3, -0.25) is 14.3 Å². The van der Waals surface area contributed by atoms with Gasteiger partial charge < -0.3 is 9.88 Å². The third-order valence-electron chi connectivity index (χ3n) is 5.14. The zero-order valence-corrected chi connectivity index (χ0v) is 18.7. The van der Waals surface area contributed by atoms with Gasteiger partial charge >= 0.3 is 0 Å². The Balaban J connectivity index is 1.33. The van der Waals surface area contributed by atoms with Crippen LogP contribution in [-0.2, 0) is 11.3 Å². The average molecular weight is 456 g/mol. The van der Waals surface area contributed by atoms with Crippen LogP contribution in [0.15, 0.2) is 84.3 Å². The summed E-state index contributed by atoms with van der Waals surface area (Å²) in [5.74, 6) is 1.64. The summed E-state index contributed by atoms with van der Waals surface area (Å²) in [6, 6.07) is 21.5. The van der Waals surface area contributed by atoms with Crippen molar-refractivity contribution in [2.24, 2.45) is 0 Å². The number of fused-ring (bicyclic) bond motifs is 1. The van der Waals surface area contributed by atoms with Crippen LogP contribution in [0.2, 0.25) is 0 Å². The second kappa shape index (κ2) is 9.25. The molecule has 0 fully saturated rings. The molecule has 0 saturated heterocycles. The number of para-hydroxylation sites is 3. The van der Waals surface area contributed by atoms with Crippen LogP contribution >= 0.6 is 11.8 Å². The summed E-state index contributed by atoms with van der Waals surface area (Å²) in [7, 11) is 1.78. The van der Waals surface area contributed by atoms with E-state index in [1.165, 1.54) is 11.8 Å². The summed E-state index contributed by atoms with van der Waals surface area (Å²) in [4.78, 5) is 26.5. The van der Waals surface area contributed by atoms with E-state index in [-0.39, 0.29) is 11.7 Å². The smallest absolute Gasteiger partial charge is 0.233 e. The van der Waals surface area contributed by atoms with Crippen molar-refractivity contribution in [2.75, 3.05) is 12.8 Å². The second-order valence-electron chi connectivity index (χ2n) is 7.46. The summed E-state index contributed by atoms with van der Waals surface area (Å²) >= 11 is 1.36. The van der Waals surface area contributed by atoms with E-state index in [9.17, 15) is 4.79 Å². The van der Waals surface area contributed by atoms with E-state index < -0.39 is 0 Å². The fourth-order valence-electron chi connectivity index (χ4n) is 3.49. The third-order valence-corrected chi connectivity index (χ3v) is 6.06. The van der Waals surface area contributed by atoms with Crippen LogP contribution in [0.4, 0.5) is 0 Å². The van der Waals surface area contributed by atoms with Gasteiger partial charge in [0.15, 0.2) is 11.0 Å². The number of H-pyrrole nitrogens is 1. The molecule has 0 radical (unpaired) electrons. The first-order valence-corrected chi connectivity index (χ1v) is 11.4. The number of aromatic amines is 1. The number of benzene rings is 2. The highest BCUT2D eigenvalue weighted by Gasteiger charge is 2.19. The summed E-state index contributed by atoms with van der Waals surface area (Å²) in [6.07, 6.45) is 3.48. The van der Waals surface area contributed by atoms with Crippen LogP contribution in [0.5, 0.6) is 0 Å². The highest BCUT2D eigenvalue weighted by atomic mass is 32.2. The van der Waals surface area contributed by atoms with E-state index >= 15 is 0 Å². The molecule has 0 spiro atoms. The summed E-state index contributed by atoms with van der Waals surface area (Å²) in [5.41, 5.74) is 3.63. The number of carbonyl (C=O) groups is 1. The maximum absolute atomic E-state index is 12.9. The molecule has 0 aliphatic carbocycles. The molecular formula is C24H21N7OS. The molecule has 0 bridgehead atoms. The number of pyridine rings is 1. The number of aromatic nitrogens is 6. The van der Waals surface area contributed by atoms with Crippen molar-refractivity contribution in [1.29, 1.82) is 0 Å². The first-order chi connectivity index (χ1) is 16.2. The first kappa shape index (κ1) is 20.9. The van der Waals surface area contributed by atoms with Gasteiger partial charge in [0, 0.05) is 30.7 Å². The Labute approximate surface area is 194 Å². The number of amides is 1. The fraction of sp³-hybridized carbons (Fsp3) is 0.125. The number of hydrogen-bond acceptors (Lipinski definition) is 6. The molecule has 0 aliphatic heterocycles. The Hall–Kier alpha value is -3.98. The predicted octanol–water partition coefficient (Wildman–Crippen LogP) is 3.96. The van der Waals surface area contributed by atoms with Crippen molar-refractivity contribution < 1.29 is 4.79 Å². The number of nitrogens with one attached hydrogen (secondary N) is 1. The highest BCUT2D eigenvalue weighted by Crippen LogP contribution is 2.27. The molecule has 3 aromatic heterocycles. The van der Waals surface area contributed by atoms with Gasteiger partial charge in [-0.1, -0.05) is 42.1 Å². The molecule has 8 nitrogen and oxygen atoms in total. The van der Waals surface area contributed by atoms with Crippen LogP contribution < -0.4 is 0 Å². The van der Waals surface area contributed by atoms with Gasteiger partial charge in [-0.25, -0.2) is 4.98 Å². The van der Waals surface area contributed by atoms with Gasteiger partial charge in [-0.15, -0.1) is 10.2 Å². The number of carbonyl (C=O) groups excluding carboxylic acids is 1. The average Bonchev–Trinajstić information content (AvgIpc) is 3.47. The first-order valence-electron chi connectivity index (χ1n) is 10.4.